The van der Waals surface area contributed by atoms with E-state index in [0.717, 1.165) is 16.6 Å². The van der Waals surface area contributed by atoms with Crippen molar-refractivity contribution >= 4 is 26.6 Å². The summed E-state index contributed by atoms with van der Waals surface area (Å²) in [6.45, 7) is 1.60. The van der Waals surface area contributed by atoms with E-state index in [1.165, 1.54) is 16.4 Å². The molecule has 1 aliphatic heterocycles. The van der Waals surface area contributed by atoms with Crippen LogP contribution in [-0.4, -0.2) is 60.9 Å². The van der Waals surface area contributed by atoms with Crippen LogP contribution in [-0.2, 0) is 10.0 Å². The Balaban J connectivity index is 1.39. The summed E-state index contributed by atoms with van der Waals surface area (Å²) in [5, 5.41) is 10.4. The Labute approximate surface area is 186 Å². The number of hydroxylamine groups is 1. The van der Waals surface area contributed by atoms with E-state index in [2.05, 4.69) is 16.8 Å². The van der Waals surface area contributed by atoms with Gasteiger partial charge in [0.15, 0.2) is 0 Å². The average molecular weight is 455 g/mol. The van der Waals surface area contributed by atoms with E-state index < -0.39 is 16.1 Å². The van der Waals surface area contributed by atoms with Crippen molar-refractivity contribution in [2.45, 2.75) is 6.04 Å². The zero-order valence-electron chi connectivity index (χ0n) is 17.3. The number of benzene rings is 2. The fraction of sp³-hybridized carbons (Fsp3) is 0.261. The molecule has 2 aromatic carbocycles. The first kappa shape index (κ1) is 22.2. The number of fused-ring (bicyclic) bond motifs is 1. The number of para-hydroxylation sites is 1. The first-order chi connectivity index (χ1) is 15.4. The summed E-state index contributed by atoms with van der Waals surface area (Å²) in [6.07, 6.45) is 1.62. The molecule has 0 bridgehead atoms. The Morgan fingerprint density at radius 1 is 1.09 bits per heavy atom. The molecular weight excluding hydrogens is 431 g/mol. The molecule has 1 aromatic heterocycles. The number of anilines is 1. The second-order valence-electron chi connectivity index (χ2n) is 7.51. The lowest BCUT2D eigenvalue weighted by Gasteiger charge is -2.35. The fourth-order valence-corrected chi connectivity index (χ4v) is 5.12. The Morgan fingerprint density at radius 3 is 2.53 bits per heavy atom. The largest absolute Gasteiger partial charge is 0.369 e. The van der Waals surface area contributed by atoms with Crippen LogP contribution in [0.3, 0.4) is 0 Å². The minimum absolute atomic E-state index is 0.305. The van der Waals surface area contributed by atoms with Crippen LogP contribution in [0.4, 0.5) is 10.1 Å². The number of nitrogens with zero attached hydrogens (tertiary/aromatic N) is 3. The van der Waals surface area contributed by atoms with Crippen molar-refractivity contribution in [1.29, 1.82) is 0 Å². The molecule has 0 spiro atoms. The van der Waals surface area contributed by atoms with E-state index in [1.807, 2.05) is 40.7 Å². The number of pyridine rings is 1. The summed E-state index contributed by atoms with van der Waals surface area (Å²) in [6, 6.07) is 14.7. The number of halogens is 1. The number of sulfonamides is 1. The molecule has 0 radical (unpaired) electrons. The van der Waals surface area contributed by atoms with Gasteiger partial charge in [-0.2, -0.15) is 9.79 Å². The summed E-state index contributed by atoms with van der Waals surface area (Å²) >= 11 is 0. The summed E-state index contributed by atoms with van der Waals surface area (Å²) < 4.78 is 40.2. The van der Waals surface area contributed by atoms with Gasteiger partial charge in [0, 0.05) is 49.0 Å². The number of aromatic nitrogens is 1. The second-order valence-corrected chi connectivity index (χ2v) is 9.52. The summed E-state index contributed by atoms with van der Waals surface area (Å²) in [4.78, 5) is 6.35. The minimum atomic E-state index is -3.64. The number of piperazine rings is 1. The molecule has 9 heteroatoms. The molecule has 1 saturated heterocycles. The monoisotopic (exact) mass is 454 g/mol. The molecular formula is C23H23FN4O3S. The number of rotatable bonds is 5. The van der Waals surface area contributed by atoms with Crippen molar-refractivity contribution in [2.75, 3.05) is 36.8 Å². The highest BCUT2D eigenvalue weighted by Crippen LogP contribution is 2.18. The molecule has 3 aromatic rings. The zero-order chi connectivity index (χ0) is 22.6. The highest BCUT2D eigenvalue weighted by molar-refractivity contribution is 7.89. The highest BCUT2D eigenvalue weighted by atomic mass is 32.2. The summed E-state index contributed by atoms with van der Waals surface area (Å²) in [5.41, 5.74) is 4.33. The van der Waals surface area contributed by atoms with Gasteiger partial charge < -0.3 is 10.1 Å². The van der Waals surface area contributed by atoms with Crippen molar-refractivity contribution < 1.29 is 18.0 Å². The summed E-state index contributed by atoms with van der Waals surface area (Å²) in [5.74, 6) is 5.01. The zero-order valence-corrected chi connectivity index (χ0v) is 18.1. The topological polar surface area (TPSA) is 85.8 Å². The smallest absolute Gasteiger partial charge is 0.216 e. The van der Waals surface area contributed by atoms with Crippen molar-refractivity contribution in [2.24, 2.45) is 0 Å². The number of hydrogen-bond acceptors (Lipinski definition) is 6. The molecule has 2 heterocycles. The Morgan fingerprint density at radius 2 is 1.81 bits per heavy atom. The molecule has 7 nitrogen and oxygen atoms in total. The highest BCUT2D eigenvalue weighted by Gasteiger charge is 2.29. The van der Waals surface area contributed by atoms with Gasteiger partial charge >= 0.3 is 0 Å². The van der Waals surface area contributed by atoms with Gasteiger partial charge in [0.25, 0.3) is 0 Å². The Bertz CT molecular complexity index is 1250. The van der Waals surface area contributed by atoms with Gasteiger partial charge in [0.2, 0.25) is 10.0 Å². The first-order valence-corrected chi connectivity index (χ1v) is 11.8. The van der Waals surface area contributed by atoms with Crippen molar-refractivity contribution in [3.8, 4) is 11.8 Å². The minimum Gasteiger partial charge on any atom is -0.369 e. The lowest BCUT2D eigenvalue weighted by Crippen LogP contribution is -2.51. The van der Waals surface area contributed by atoms with Gasteiger partial charge in [-0.25, -0.2) is 12.8 Å². The van der Waals surface area contributed by atoms with E-state index in [1.54, 1.807) is 18.3 Å². The van der Waals surface area contributed by atoms with Crippen molar-refractivity contribution in [3.63, 3.8) is 0 Å². The van der Waals surface area contributed by atoms with Gasteiger partial charge in [-0.05, 0) is 36.4 Å². The van der Waals surface area contributed by atoms with Crippen LogP contribution >= 0.6 is 0 Å². The molecule has 1 fully saturated rings. The van der Waals surface area contributed by atoms with Crippen LogP contribution < -0.4 is 10.4 Å². The van der Waals surface area contributed by atoms with Gasteiger partial charge in [-0.15, -0.1) is 0 Å². The third kappa shape index (κ3) is 5.23. The lowest BCUT2D eigenvalue weighted by atomic mass is 10.1. The molecule has 166 valence electrons. The Hall–Kier alpha value is -3.03. The first-order valence-electron chi connectivity index (χ1n) is 10.2. The molecule has 1 atom stereocenters. The van der Waals surface area contributed by atoms with Gasteiger partial charge in [-0.3, -0.25) is 4.98 Å². The number of nitrogens with one attached hydrogen (secondary N) is 1. The van der Waals surface area contributed by atoms with Crippen molar-refractivity contribution in [3.05, 3.63) is 72.2 Å². The molecule has 2 N–H and O–H groups in total. The van der Waals surface area contributed by atoms with Crippen LogP contribution in [0.2, 0.25) is 0 Å². The SMILES string of the molecule is O=S(=O)(CC(C#Cc1cnc2ccccc2c1)NO)N1CCN(c2ccc(F)cc2)CC1. The standard InChI is InChI=1S/C23H23FN4O3S/c24-20-6-9-22(10-7-20)27-11-13-28(14-12-27)32(30,31)17-21(26-29)8-5-18-15-19-3-1-2-4-23(19)25-16-18/h1-4,6-7,9-10,15-16,21,26,29H,11-14,17H2. The molecule has 4 rings (SSSR count). The van der Waals surface area contributed by atoms with E-state index in [9.17, 15) is 18.0 Å². The third-order valence-electron chi connectivity index (χ3n) is 5.34. The lowest BCUT2D eigenvalue weighted by molar-refractivity contribution is 0.153. The van der Waals surface area contributed by atoms with Crippen LogP contribution in [0.5, 0.6) is 0 Å². The van der Waals surface area contributed by atoms with Crippen LogP contribution in [0.25, 0.3) is 10.9 Å². The van der Waals surface area contributed by atoms with Crippen LogP contribution in [0.15, 0.2) is 60.8 Å². The van der Waals surface area contributed by atoms with Gasteiger partial charge in [0.05, 0.1) is 11.3 Å². The maximum absolute atomic E-state index is 13.1. The third-order valence-corrected chi connectivity index (χ3v) is 7.24. The van der Waals surface area contributed by atoms with Gasteiger partial charge in [-0.1, -0.05) is 30.0 Å². The maximum atomic E-state index is 13.1. The predicted molar refractivity (Wildman–Crippen MR) is 121 cm³/mol. The quantitative estimate of drug-likeness (QED) is 0.454. The Kier molecular flexibility index (Phi) is 6.67. The average Bonchev–Trinajstić information content (AvgIpc) is 2.82. The molecule has 32 heavy (non-hydrogen) atoms. The molecule has 1 unspecified atom stereocenters. The fourth-order valence-electron chi connectivity index (χ4n) is 3.61. The van der Waals surface area contributed by atoms with Crippen LogP contribution in [0, 0.1) is 17.7 Å². The molecule has 1 aliphatic rings. The normalized spacial score (nSPS) is 15.9. The van der Waals surface area contributed by atoms with E-state index >= 15 is 0 Å². The molecule has 0 amide bonds. The number of hydrogen-bond donors (Lipinski definition) is 2. The summed E-state index contributed by atoms with van der Waals surface area (Å²) in [7, 11) is -3.64. The van der Waals surface area contributed by atoms with Crippen molar-refractivity contribution in [1.82, 2.24) is 14.8 Å². The van der Waals surface area contributed by atoms with Gasteiger partial charge in [0.1, 0.15) is 11.9 Å². The van der Waals surface area contributed by atoms with E-state index in [-0.39, 0.29) is 11.6 Å². The maximum Gasteiger partial charge on any atom is 0.216 e. The van der Waals surface area contributed by atoms with Crippen LogP contribution in [0.1, 0.15) is 5.56 Å². The van der Waals surface area contributed by atoms with E-state index in [4.69, 9.17) is 0 Å². The van der Waals surface area contributed by atoms with E-state index in [0.29, 0.717) is 31.7 Å². The molecule has 0 aliphatic carbocycles. The second kappa shape index (κ2) is 9.63. The predicted octanol–water partition coefficient (Wildman–Crippen LogP) is 2.22. The molecule has 0 saturated carbocycles.